The molecule has 17 nitrogen and oxygen atoms in total. The van der Waals surface area contributed by atoms with Gasteiger partial charge in [0.25, 0.3) is 5.70 Å². The lowest BCUT2D eigenvalue weighted by Gasteiger charge is -2.34. The number of alkyl halides is 3. The Morgan fingerprint density at radius 2 is 1.35 bits per heavy atom. The molecule has 4 bridgehead atoms. The minimum Gasteiger partial charge on any atom is -0.494 e. The van der Waals surface area contributed by atoms with E-state index >= 15 is 13.2 Å². The molecule has 9 heterocycles. The van der Waals surface area contributed by atoms with Gasteiger partial charge in [-0.1, -0.05) is 72.8 Å². The Kier molecular flexibility index (Phi) is 14.7. The number of carbonyl (C=O) groups is 2. The maximum Gasteiger partial charge on any atom is 0.435 e. The molecular weight excluding hydrogens is 1100 g/mol. The number of esters is 2. The van der Waals surface area contributed by atoms with Gasteiger partial charge < -0.3 is 49.0 Å². The van der Waals surface area contributed by atoms with Gasteiger partial charge >= 0.3 is 18.1 Å². The van der Waals surface area contributed by atoms with Crippen LogP contribution < -0.4 is 4.90 Å². The fraction of sp³-hybridized carbons (Fsp3) is 0.250. The molecule has 22 heteroatoms. The molecule has 5 aliphatic heterocycles. The number of likely N-dealkylation sites (N-methyl/N-ethyl adjacent to an activating group) is 1. The molecule has 5 aliphatic rings. The van der Waals surface area contributed by atoms with E-state index < -0.39 is 76.4 Å². The quantitative estimate of drug-likeness (QED) is 0.0258. The number of fused-ring (bicyclic) bond motifs is 10. The second-order valence-corrected chi connectivity index (χ2v) is 21.5. The van der Waals surface area contributed by atoms with Crippen molar-refractivity contribution in [2.45, 2.75) is 75.7 Å². The van der Waals surface area contributed by atoms with E-state index in [2.05, 4.69) is 14.6 Å². The highest BCUT2D eigenvalue weighted by Crippen LogP contribution is 2.58. The van der Waals surface area contributed by atoms with Crippen molar-refractivity contribution in [1.82, 2.24) is 9.13 Å². The van der Waals surface area contributed by atoms with Crippen molar-refractivity contribution in [3.63, 3.8) is 0 Å². The van der Waals surface area contributed by atoms with Gasteiger partial charge in [-0.15, -0.1) is 22.7 Å². The molecule has 5 atom stereocenters. The van der Waals surface area contributed by atoms with Crippen LogP contribution in [0.1, 0.15) is 92.2 Å². The Morgan fingerprint density at radius 1 is 0.780 bits per heavy atom. The number of allylic oxidation sites excluding steroid dienone is 1. The molecule has 0 radical (unpaired) electrons. The second kappa shape index (κ2) is 22.0. The summed E-state index contributed by atoms with van der Waals surface area (Å²) in [5.41, 5.74) is -1.71. The van der Waals surface area contributed by atoms with E-state index in [-0.39, 0.29) is 62.7 Å². The number of hydrogen-bond acceptors (Lipinski definition) is 15. The Hall–Kier alpha value is -9.24. The maximum atomic E-state index is 15.7. The van der Waals surface area contributed by atoms with Crippen LogP contribution in [0.15, 0.2) is 126 Å². The van der Waals surface area contributed by atoms with Gasteiger partial charge in [0.05, 0.1) is 60.9 Å². The van der Waals surface area contributed by atoms with Gasteiger partial charge in [-0.2, -0.15) is 13.2 Å². The number of aromatic hydroxyl groups is 4. The summed E-state index contributed by atoms with van der Waals surface area (Å²) < 4.78 is 77.7. The highest BCUT2D eigenvalue weighted by molar-refractivity contribution is 7.16. The molecular formula is C60H47F3N6O11S2. The molecule has 6 aromatic rings. The van der Waals surface area contributed by atoms with Crippen LogP contribution in [-0.2, 0) is 58.6 Å². The van der Waals surface area contributed by atoms with Crippen LogP contribution in [-0.4, -0.2) is 67.4 Å². The first-order chi connectivity index (χ1) is 39.6. The van der Waals surface area contributed by atoms with Gasteiger partial charge in [0, 0.05) is 61.5 Å². The lowest BCUT2D eigenvalue weighted by atomic mass is 9.85. The van der Waals surface area contributed by atoms with Crippen LogP contribution in [0.3, 0.4) is 0 Å². The highest BCUT2D eigenvalue weighted by Gasteiger charge is 2.64. The van der Waals surface area contributed by atoms with E-state index in [1.54, 1.807) is 30.4 Å². The summed E-state index contributed by atoms with van der Waals surface area (Å²) in [7, 11) is 0. The summed E-state index contributed by atoms with van der Waals surface area (Å²) >= 11 is 2.66. The van der Waals surface area contributed by atoms with Crippen LogP contribution in [0.5, 0.6) is 23.5 Å². The predicted octanol–water partition coefficient (Wildman–Crippen LogP) is 12.4. The first kappa shape index (κ1) is 54.7. The molecule has 0 saturated carbocycles. The minimum atomic E-state index is -5.21. The first-order valence-electron chi connectivity index (χ1n) is 25.7. The molecule has 4 N–H and O–H groups in total. The van der Waals surface area contributed by atoms with Crippen molar-refractivity contribution in [2.75, 3.05) is 24.6 Å². The van der Waals surface area contributed by atoms with Crippen LogP contribution in [0.4, 0.5) is 18.9 Å². The largest absolute Gasteiger partial charge is 0.494 e. The minimum absolute atomic E-state index is 0.0401. The Labute approximate surface area is 474 Å². The number of aromatic nitrogens is 2. The van der Waals surface area contributed by atoms with Crippen molar-refractivity contribution in [3.8, 4) is 40.0 Å². The zero-order valence-corrected chi connectivity index (χ0v) is 44.9. The third-order valence-corrected chi connectivity index (χ3v) is 16.9. The highest BCUT2D eigenvalue weighted by atomic mass is 32.1. The van der Waals surface area contributed by atoms with Gasteiger partial charge in [0.15, 0.2) is 0 Å². The molecule has 0 aliphatic carbocycles. The maximum absolute atomic E-state index is 15.7. The van der Waals surface area contributed by atoms with Crippen molar-refractivity contribution >= 4 is 58.5 Å². The molecule has 0 saturated heterocycles. The number of anilines is 1. The van der Waals surface area contributed by atoms with Crippen LogP contribution in [0.2, 0.25) is 0 Å². The Bertz CT molecular complexity index is 3790. The second-order valence-electron chi connectivity index (χ2n) is 19.3. The van der Waals surface area contributed by atoms with Gasteiger partial charge in [-0.25, -0.2) is 15.0 Å². The molecule has 82 heavy (non-hydrogen) atoms. The third kappa shape index (κ3) is 9.66. The number of ether oxygens (including phenoxy) is 5. The van der Waals surface area contributed by atoms with Gasteiger partial charge in [0.1, 0.15) is 43.4 Å². The van der Waals surface area contributed by atoms with E-state index in [1.807, 2.05) is 61.5 Å². The number of hydrogen-bond donors (Lipinski definition) is 4. The Morgan fingerprint density at radius 3 is 1.89 bits per heavy atom. The van der Waals surface area contributed by atoms with Gasteiger partial charge in [0.2, 0.25) is 34.8 Å². The van der Waals surface area contributed by atoms with E-state index in [1.165, 1.54) is 56.9 Å². The first-order valence-corrected chi connectivity index (χ1v) is 27.4. The van der Waals surface area contributed by atoms with Crippen molar-refractivity contribution in [3.05, 3.63) is 197 Å². The monoisotopic (exact) mass is 1150 g/mol. The number of benzene rings is 2. The molecule has 416 valence electrons. The fourth-order valence-electron chi connectivity index (χ4n) is 10.8. The van der Waals surface area contributed by atoms with E-state index in [9.17, 15) is 35.3 Å². The molecule has 0 spiro atoms. The van der Waals surface area contributed by atoms with Gasteiger partial charge in [-0.05, 0) is 61.0 Å². The molecule has 4 aromatic heterocycles. The van der Waals surface area contributed by atoms with Crippen molar-refractivity contribution in [1.29, 1.82) is 5.26 Å². The average Bonchev–Trinajstić information content (AvgIpc) is 4.43. The van der Waals surface area contributed by atoms with Crippen LogP contribution >= 0.6 is 22.7 Å². The zero-order valence-electron chi connectivity index (χ0n) is 43.3. The van der Waals surface area contributed by atoms with E-state index in [0.29, 0.717) is 50.7 Å². The summed E-state index contributed by atoms with van der Waals surface area (Å²) in [6.45, 7) is 18.2. The summed E-state index contributed by atoms with van der Waals surface area (Å²) in [5.74, 6) is -2.69. The van der Waals surface area contributed by atoms with E-state index in [4.69, 9.17) is 36.8 Å². The number of thiophene rings is 2. The average molecular weight is 1150 g/mol. The van der Waals surface area contributed by atoms with Gasteiger partial charge in [-0.3, -0.25) is 18.7 Å². The lowest BCUT2D eigenvalue weighted by molar-refractivity contribution is -0.249. The summed E-state index contributed by atoms with van der Waals surface area (Å²) in [6.07, 6.45) is 5.86. The number of halogens is 3. The molecule has 2 aromatic carbocycles. The fourth-order valence-corrected chi connectivity index (χ4v) is 12.7. The molecule has 5 unspecified atom stereocenters. The standard InChI is InChI=1S/C60H47F3N6O11S2/c1-4-67(28-29-76-47(70)24-26-68-55(72)49-41-18-19-42(78-41)50(49)56(68)73)36-12-10-33(11-13-36)45-22-16-37(81-45)14-15-38-30-34(32-77-48(71)25-27-69-57(74)51-43-20-21-44(79-43)52(51)58(69)75)46(82-38)23-17-39-53(66-3)54(40(31-64)65-2)80-59(39,60(61,62)63)35-8-6-5-7-9-35/h5-23,30,41-44,72-75H,4,24-29,32H2,1H3. The summed E-state index contributed by atoms with van der Waals surface area (Å²) in [5, 5.41) is 53.1. The normalized spacial score (nSPS) is 20.5. The summed E-state index contributed by atoms with van der Waals surface area (Å²) in [6, 6.07) is 21.7. The molecule has 0 amide bonds. The number of rotatable bonds is 19. The van der Waals surface area contributed by atoms with E-state index in [0.717, 1.165) is 38.4 Å². The predicted molar refractivity (Wildman–Crippen MR) is 295 cm³/mol. The van der Waals surface area contributed by atoms with Crippen LogP contribution in [0, 0.1) is 24.5 Å². The molecule has 11 rings (SSSR count). The number of nitrogens with zero attached hydrogens (tertiary/aromatic N) is 6. The summed E-state index contributed by atoms with van der Waals surface area (Å²) in [4.78, 5) is 37.4. The lowest BCUT2D eigenvalue weighted by Crippen LogP contribution is -2.43. The van der Waals surface area contributed by atoms with Crippen molar-refractivity contribution < 1.29 is 66.9 Å². The number of carbonyl (C=O) groups excluding carboxylic acids is 2. The number of nitriles is 1. The third-order valence-electron chi connectivity index (χ3n) is 14.7. The van der Waals surface area contributed by atoms with Crippen molar-refractivity contribution in [2.24, 2.45) is 0 Å². The van der Waals surface area contributed by atoms with Crippen LogP contribution in [0.25, 0.3) is 38.4 Å². The zero-order chi connectivity index (χ0) is 57.6. The SMILES string of the molecule is [C-]#[N+]C(C#N)=C1OC(c2ccccc2)(C(F)(F)F)C(C=Cc2sc(C=Cc3ccc(-c4ccc(N(CC)CCOC(=O)CCn5c(O)c6c(c5O)C5C=CC6O5)cc4)s3)cc2COC(=O)CCn2c(O)c3c(c2O)C2C=CC3O2)=C1[N+]#[C-]. The topological polar surface area (TPSA) is 207 Å². The Balaban J connectivity index is 0.792. The molecule has 0 fully saturated rings. The smallest absolute Gasteiger partial charge is 0.435 e.